The van der Waals surface area contributed by atoms with Crippen molar-refractivity contribution in [2.45, 2.75) is 32.0 Å². The zero-order valence-corrected chi connectivity index (χ0v) is 20.7. The number of hydrogen-bond donors (Lipinski definition) is 2. The van der Waals surface area contributed by atoms with Crippen molar-refractivity contribution in [1.82, 2.24) is 19.7 Å². The van der Waals surface area contributed by atoms with Crippen LogP contribution in [0.1, 0.15) is 38.4 Å². The lowest BCUT2D eigenvalue weighted by Crippen LogP contribution is -2.04. The molecule has 10 heteroatoms. The summed E-state index contributed by atoms with van der Waals surface area (Å²) in [5, 5.41) is 14.4. The van der Waals surface area contributed by atoms with E-state index in [9.17, 15) is 14.7 Å². The summed E-state index contributed by atoms with van der Waals surface area (Å²) in [6.45, 7) is 4.50. The molecule has 178 valence electrons. The van der Waals surface area contributed by atoms with Crippen LogP contribution >= 0.6 is 23.1 Å². The third kappa shape index (κ3) is 4.54. The topological polar surface area (TPSA) is 114 Å². The molecule has 0 unspecified atom stereocenters. The number of nitrogens with one attached hydrogen (secondary N) is 1. The molecule has 0 amide bonds. The van der Waals surface area contributed by atoms with Crippen LogP contribution in [-0.4, -0.2) is 36.5 Å². The average Bonchev–Trinajstić information content (AvgIpc) is 3.51. The Bertz CT molecular complexity index is 1580. The third-order valence-electron chi connectivity index (χ3n) is 5.67. The maximum Gasteiger partial charge on any atom is 0.438 e. The number of benzene rings is 2. The van der Waals surface area contributed by atoms with Crippen LogP contribution in [0.4, 0.5) is 0 Å². The predicted octanol–water partition coefficient (Wildman–Crippen LogP) is 5.20. The van der Waals surface area contributed by atoms with Crippen molar-refractivity contribution in [1.29, 1.82) is 0 Å². The van der Waals surface area contributed by atoms with E-state index in [-0.39, 0.29) is 0 Å². The number of fused-ring (bicyclic) bond motifs is 1. The van der Waals surface area contributed by atoms with Gasteiger partial charge in [0.25, 0.3) is 0 Å². The van der Waals surface area contributed by atoms with Crippen LogP contribution in [0, 0.1) is 6.92 Å². The van der Waals surface area contributed by atoms with Gasteiger partial charge in [0.2, 0.25) is 0 Å². The second kappa shape index (κ2) is 9.55. The summed E-state index contributed by atoms with van der Waals surface area (Å²) in [4.78, 5) is 31.8. The molecule has 8 nitrogen and oxygen atoms in total. The van der Waals surface area contributed by atoms with Crippen LogP contribution in [0.5, 0.6) is 0 Å². The molecule has 0 aliphatic heterocycles. The fraction of sp³-hybridized carbons (Fsp3) is 0.200. The molecule has 5 aromatic rings. The zero-order valence-electron chi connectivity index (χ0n) is 19.1. The van der Waals surface area contributed by atoms with Crippen molar-refractivity contribution in [2.75, 3.05) is 5.75 Å². The molecule has 0 fully saturated rings. The molecule has 2 aromatic carbocycles. The maximum absolute atomic E-state index is 11.9. The number of aryl methyl sites for hydroxylation is 1. The highest BCUT2D eigenvalue weighted by Crippen LogP contribution is 2.35. The number of carboxylic acid groups (broad SMARTS) is 1. The molecule has 0 aliphatic rings. The largest absolute Gasteiger partial charge is 0.477 e. The summed E-state index contributed by atoms with van der Waals surface area (Å²) in [5.74, 6) is -0.174. The van der Waals surface area contributed by atoms with Crippen LogP contribution in [0.25, 0.3) is 22.2 Å². The minimum atomic E-state index is -0.928. The van der Waals surface area contributed by atoms with Gasteiger partial charge >= 0.3 is 11.7 Å². The number of aromatic amines is 1. The normalized spacial score (nSPS) is 11.4. The molecular formula is C25H22N4O4S2. The van der Waals surface area contributed by atoms with Gasteiger partial charge in [-0.3, -0.25) is 9.51 Å². The summed E-state index contributed by atoms with van der Waals surface area (Å²) in [7, 11) is 0. The van der Waals surface area contributed by atoms with Crippen molar-refractivity contribution in [2.24, 2.45) is 0 Å². The fourth-order valence-electron chi connectivity index (χ4n) is 4.13. The van der Waals surface area contributed by atoms with E-state index >= 15 is 0 Å². The van der Waals surface area contributed by atoms with E-state index in [0.717, 1.165) is 43.6 Å². The molecule has 3 heterocycles. The Morgan fingerprint density at radius 1 is 1.20 bits per heavy atom. The molecule has 35 heavy (non-hydrogen) atoms. The van der Waals surface area contributed by atoms with E-state index in [1.807, 2.05) is 35.8 Å². The second-order valence-electron chi connectivity index (χ2n) is 7.98. The number of carboxylic acids is 1. The molecule has 0 saturated carbocycles. The number of aromatic carboxylic acids is 1. The lowest BCUT2D eigenvalue weighted by atomic mass is 9.96. The first-order valence-electron chi connectivity index (χ1n) is 11.0. The SMILES string of the molecule is CCSc1nc2c(C)sc(C(=O)O)c2n1Cc1ccc(-c2ccccc2Cc2noc(=O)[nH]2)cc1. The minimum Gasteiger partial charge on any atom is -0.477 e. The van der Waals surface area contributed by atoms with Gasteiger partial charge in [-0.2, -0.15) is 0 Å². The Kier molecular flexibility index (Phi) is 6.31. The Hall–Kier alpha value is -3.63. The van der Waals surface area contributed by atoms with Crippen LogP contribution in [0.2, 0.25) is 0 Å². The number of imidazole rings is 1. The number of rotatable bonds is 8. The molecule has 0 spiro atoms. The van der Waals surface area contributed by atoms with Crippen LogP contribution in [0.15, 0.2) is 63.0 Å². The van der Waals surface area contributed by atoms with E-state index in [1.54, 1.807) is 11.8 Å². The first-order chi connectivity index (χ1) is 16.9. The van der Waals surface area contributed by atoms with E-state index < -0.39 is 11.7 Å². The van der Waals surface area contributed by atoms with Crippen LogP contribution in [-0.2, 0) is 13.0 Å². The van der Waals surface area contributed by atoms with E-state index in [2.05, 4.69) is 45.9 Å². The van der Waals surface area contributed by atoms with E-state index in [4.69, 9.17) is 4.98 Å². The lowest BCUT2D eigenvalue weighted by molar-refractivity contribution is 0.0703. The summed E-state index contributed by atoms with van der Waals surface area (Å²) in [6, 6.07) is 16.2. The van der Waals surface area contributed by atoms with E-state index in [0.29, 0.717) is 29.2 Å². The number of H-pyrrole nitrogens is 1. The van der Waals surface area contributed by atoms with Crippen LogP contribution in [0.3, 0.4) is 0 Å². The predicted molar refractivity (Wildman–Crippen MR) is 137 cm³/mol. The minimum absolute atomic E-state index is 0.324. The standard InChI is InChI=1S/C25H22N4O4S2/c1-3-34-24-27-20-14(2)35-22(23(30)31)21(20)29(24)13-15-8-10-16(11-9-15)18-7-5-4-6-17(18)12-19-26-25(32)33-28-19/h4-11H,3,12-13H2,1-2H3,(H,30,31)(H,26,28,32). The summed E-state index contributed by atoms with van der Waals surface area (Å²) >= 11 is 2.88. The molecular weight excluding hydrogens is 484 g/mol. The maximum atomic E-state index is 11.9. The van der Waals surface area contributed by atoms with Gasteiger partial charge < -0.3 is 9.67 Å². The molecule has 5 rings (SSSR count). The summed E-state index contributed by atoms with van der Waals surface area (Å²) in [5.41, 5.74) is 5.59. The Morgan fingerprint density at radius 3 is 2.66 bits per heavy atom. The molecule has 0 bridgehead atoms. The Balaban J connectivity index is 1.48. The van der Waals surface area contributed by atoms with Gasteiger partial charge in [0.1, 0.15) is 10.4 Å². The number of thiophene rings is 1. The number of nitrogens with zero attached hydrogens (tertiary/aromatic N) is 3. The van der Waals surface area contributed by atoms with Gasteiger partial charge in [-0.1, -0.05) is 72.4 Å². The molecule has 0 aliphatic carbocycles. The quantitative estimate of drug-likeness (QED) is 0.278. The average molecular weight is 507 g/mol. The molecule has 0 saturated heterocycles. The molecule has 3 aromatic heterocycles. The first kappa shape index (κ1) is 23.1. The number of aromatic nitrogens is 4. The number of carbonyl (C=O) groups is 1. The van der Waals surface area contributed by atoms with Gasteiger partial charge in [-0.05, 0) is 34.9 Å². The number of thioether (sulfide) groups is 1. The highest BCUT2D eigenvalue weighted by atomic mass is 32.2. The van der Waals surface area contributed by atoms with Crippen molar-refractivity contribution < 1.29 is 14.4 Å². The Morgan fingerprint density at radius 2 is 1.97 bits per heavy atom. The van der Waals surface area contributed by atoms with E-state index in [1.165, 1.54) is 11.3 Å². The van der Waals surface area contributed by atoms with Crippen molar-refractivity contribution in [3.8, 4) is 11.1 Å². The second-order valence-corrected chi connectivity index (χ2v) is 10.4. The molecule has 0 radical (unpaired) electrons. The number of hydrogen-bond acceptors (Lipinski definition) is 7. The van der Waals surface area contributed by atoms with Gasteiger partial charge in [-0.25, -0.2) is 14.6 Å². The van der Waals surface area contributed by atoms with Crippen molar-refractivity contribution >= 4 is 40.1 Å². The summed E-state index contributed by atoms with van der Waals surface area (Å²) in [6.07, 6.45) is 0.448. The summed E-state index contributed by atoms with van der Waals surface area (Å²) < 4.78 is 6.64. The van der Waals surface area contributed by atoms with Crippen molar-refractivity contribution in [3.63, 3.8) is 0 Å². The highest BCUT2D eigenvalue weighted by molar-refractivity contribution is 7.99. The van der Waals surface area contributed by atoms with Gasteiger partial charge in [-0.15, -0.1) is 11.3 Å². The third-order valence-corrected chi connectivity index (χ3v) is 7.60. The smallest absolute Gasteiger partial charge is 0.438 e. The first-order valence-corrected chi connectivity index (χ1v) is 12.8. The van der Waals surface area contributed by atoms with Crippen LogP contribution < -0.4 is 5.76 Å². The van der Waals surface area contributed by atoms with Gasteiger partial charge in [0.05, 0.1) is 12.1 Å². The fourth-order valence-corrected chi connectivity index (χ4v) is 5.80. The van der Waals surface area contributed by atoms with Gasteiger partial charge in [0, 0.05) is 11.3 Å². The van der Waals surface area contributed by atoms with Crippen molar-refractivity contribution in [3.05, 3.63) is 85.8 Å². The monoisotopic (exact) mass is 506 g/mol. The Labute approximate surface area is 208 Å². The molecule has 0 atom stereocenters. The zero-order chi connectivity index (χ0) is 24.5. The lowest BCUT2D eigenvalue weighted by Gasteiger charge is -2.11. The van der Waals surface area contributed by atoms with Gasteiger partial charge in [0.15, 0.2) is 11.0 Å². The highest BCUT2D eigenvalue weighted by Gasteiger charge is 2.23. The molecule has 2 N–H and O–H groups in total.